The van der Waals surface area contributed by atoms with Crippen molar-refractivity contribution >= 4 is 0 Å². The number of nitro groups is 1. The van der Waals surface area contributed by atoms with Crippen molar-refractivity contribution in [3.8, 4) is 5.75 Å². The number of hydrogen-bond acceptors (Lipinski definition) is 3. The topological polar surface area (TPSA) is 52.4 Å². The summed E-state index contributed by atoms with van der Waals surface area (Å²) in [5.41, 5.74) is 0.877. The van der Waals surface area contributed by atoms with Crippen molar-refractivity contribution in [3.63, 3.8) is 0 Å². The molecule has 0 aliphatic carbocycles. The second-order valence-electron chi connectivity index (χ2n) is 2.62. The molecule has 0 N–H and O–H groups in total. The Morgan fingerprint density at radius 2 is 2.15 bits per heavy atom. The first-order chi connectivity index (χ1) is 6.24. The second-order valence-corrected chi connectivity index (χ2v) is 2.62. The summed E-state index contributed by atoms with van der Waals surface area (Å²) in [4.78, 5) is 9.81. The van der Waals surface area contributed by atoms with E-state index < -0.39 is 0 Å². The highest BCUT2D eigenvalue weighted by atomic mass is 16.6. The zero-order chi connectivity index (χ0) is 9.68. The molecule has 0 aliphatic rings. The van der Waals surface area contributed by atoms with Gasteiger partial charge in [-0.3, -0.25) is 10.1 Å². The van der Waals surface area contributed by atoms with Crippen LogP contribution in [-0.4, -0.2) is 18.6 Å². The van der Waals surface area contributed by atoms with Gasteiger partial charge in [-0.2, -0.15) is 0 Å². The molecule has 1 rings (SSSR count). The molecule has 0 spiro atoms. The van der Waals surface area contributed by atoms with Gasteiger partial charge < -0.3 is 4.74 Å². The first-order valence-corrected chi connectivity index (χ1v) is 3.97. The van der Waals surface area contributed by atoms with E-state index in [-0.39, 0.29) is 11.5 Å². The summed E-state index contributed by atoms with van der Waals surface area (Å²) in [6.07, 6.45) is 0.414. The number of rotatable bonds is 4. The molecule has 4 heteroatoms. The van der Waals surface area contributed by atoms with Crippen molar-refractivity contribution in [2.45, 2.75) is 6.42 Å². The van der Waals surface area contributed by atoms with Gasteiger partial charge in [0.1, 0.15) is 5.75 Å². The van der Waals surface area contributed by atoms with Crippen LogP contribution in [0, 0.1) is 10.1 Å². The molecule has 1 aromatic rings. The van der Waals surface area contributed by atoms with Gasteiger partial charge in [0.15, 0.2) is 0 Å². The van der Waals surface area contributed by atoms with Crippen LogP contribution < -0.4 is 4.74 Å². The summed E-state index contributed by atoms with van der Waals surface area (Å²) in [6, 6.07) is 7.32. The molecule has 0 saturated carbocycles. The third kappa shape index (κ3) is 2.74. The van der Waals surface area contributed by atoms with Crippen LogP contribution in [0.2, 0.25) is 0 Å². The number of hydrogen-bond donors (Lipinski definition) is 0. The quantitative estimate of drug-likeness (QED) is 0.522. The molecule has 0 radical (unpaired) electrons. The van der Waals surface area contributed by atoms with Gasteiger partial charge in [-0.15, -0.1) is 0 Å². The summed E-state index contributed by atoms with van der Waals surface area (Å²) in [7, 11) is 1.56. The van der Waals surface area contributed by atoms with Crippen molar-refractivity contribution in [2.24, 2.45) is 0 Å². The van der Waals surface area contributed by atoms with Gasteiger partial charge in [0.05, 0.1) is 7.11 Å². The molecule has 0 heterocycles. The highest BCUT2D eigenvalue weighted by molar-refractivity contribution is 5.33. The third-order valence-electron chi connectivity index (χ3n) is 1.76. The van der Waals surface area contributed by atoms with Gasteiger partial charge in [-0.05, 0) is 6.07 Å². The van der Waals surface area contributed by atoms with Crippen LogP contribution in [0.3, 0.4) is 0 Å². The number of ether oxygens (including phenoxy) is 1. The molecule has 13 heavy (non-hydrogen) atoms. The molecule has 0 fully saturated rings. The van der Waals surface area contributed by atoms with Crippen LogP contribution in [0.4, 0.5) is 0 Å². The van der Waals surface area contributed by atoms with Crippen molar-refractivity contribution in [1.29, 1.82) is 0 Å². The second kappa shape index (κ2) is 4.45. The lowest BCUT2D eigenvalue weighted by atomic mass is 10.1. The maximum absolute atomic E-state index is 10.1. The molecule has 0 aromatic heterocycles. The summed E-state index contributed by atoms with van der Waals surface area (Å²) >= 11 is 0. The van der Waals surface area contributed by atoms with Gasteiger partial charge in [0, 0.05) is 16.9 Å². The van der Waals surface area contributed by atoms with Crippen molar-refractivity contribution in [1.82, 2.24) is 0 Å². The average molecular weight is 181 g/mol. The minimum Gasteiger partial charge on any atom is -0.496 e. The average Bonchev–Trinajstić information content (AvgIpc) is 2.15. The Morgan fingerprint density at radius 1 is 1.46 bits per heavy atom. The first kappa shape index (κ1) is 9.51. The highest BCUT2D eigenvalue weighted by Crippen LogP contribution is 2.17. The molecular weight excluding hydrogens is 170 g/mol. The predicted molar refractivity (Wildman–Crippen MR) is 48.6 cm³/mol. The smallest absolute Gasteiger partial charge is 0.208 e. The number of methoxy groups -OCH3 is 1. The fourth-order valence-electron chi connectivity index (χ4n) is 1.12. The van der Waals surface area contributed by atoms with Gasteiger partial charge in [-0.25, -0.2) is 0 Å². The molecule has 0 amide bonds. The molecule has 0 unspecified atom stereocenters. The lowest BCUT2D eigenvalue weighted by Crippen LogP contribution is -2.04. The summed E-state index contributed by atoms with van der Waals surface area (Å²) in [5.74, 6) is 0.712. The summed E-state index contributed by atoms with van der Waals surface area (Å²) < 4.78 is 5.06. The van der Waals surface area contributed by atoms with E-state index in [0.717, 1.165) is 5.56 Å². The van der Waals surface area contributed by atoms with Crippen molar-refractivity contribution in [2.75, 3.05) is 13.7 Å². The Hall–Kier alpha value is -1.58. The molecule has 0 bridgehead atoms. The lowest BCUT2D eigenvalue weighted by molar-refractivity contribution is -0.479. The monoisotopic (exact) mass is 181 g/mol. The highest BCUT2D eigenvalue weighted by Gasteiger charge is 2.04. The molecule has 70 valence electrons. The zero-order valence-electron chi connectivity index (χ0n) is 7.40. The van der Waals surface area contributed by atoms with E-state index in [0.29, 0.717) is 12.2 Å². The third-order valence-corrected chi connectivity index (χ3v) is 1.76. The van der Waals surface area contributed by atoms with Gasteiger partial charge in [-0.1, -0.05) is 18.2 Å². The maximum atomic E-state index is 10.1. The van der Waals surface area contributed by atoms with Gasteiger partial charge in [0.2, 0.25) is 6.54 Å². The normalized spacial score (nSPS) is 9.62. The number of para-hydroxylation sites is 1. The van der Waals surface area contributed by atoms with E-state index in [1.54, 1.807) is 13.2 Å². The Kier molecular flexibility index (Phi) is 3.25. The van der Waals surface area contributed by atoms with Crippen LogP contribution in [-0.2, 0) is 6.42 Å². The van der Waals surface area contributed by atoms with E-state index in [2.05, 4.69) is 0 Å². The largest absolute Gasteiger partial charge is 0.496 e. The molecule has 0 saturated heterocycles. The van der Waals surface area contributed by atoms with E-state index in [1.807, 2.05) is 18.2 Å². The predicted octanol–water partition coefficient (Wildman–Crippen LogP) is 1.51. The first-order valence-electron chi connectivity index (χ1n) is 3.97. The van der Waals surface area contributed by atoms with Gasteiger partial charge in [0.25, 0.3) is 0 Å². The number of nitrogens with zero attached hydrogens (tertiary/aromatic N) is 1. The Balaban J connectivity index is 2.69. The SMILES string of the molecule is COc1ccccc1CC[N+](=O)[O-]. The fourth-order valence-corrected chi connectivity index (χ4v) is 1.12. The fraction of sp³-hybridized carbons (Fsp3) is 0.333. The van der Waals surface area contributed by atoms with Crippen LogP contribution in [0.15, 0.2) is 24.3 Å². The van der Waals surface area contributed by atoms with Crippen LogP contribution in [0.25, 0.3) is 0 Å². The van der Waals surface area contributed by atoms with Crippen molar-refractivity contribution in [3.05, 3.63) is 39.9 Å². The maximum Gasteiger partial charge on any atom is 0.208 e. The van der Waals surface area contributed by atoms with E-state index >= 15 is 0 Å². The minimum absolute atomic E-state index is 0.0552. The molecule has 0 atom stereocenters. The molecule has 0 aliphatic heterocycles. The van der Waals surface area contributed by atoms with Crippen LogP contribution in [0.5, 0.6) is 5.75 Å². The zero-order valence-corrected chi connectivity index (χ0v) is 7.40. The Bertz CT molecular complexity index is 299. The number of benzene rings is 1. The molecule has 1 aromatic carbocycles. The van der Waals surface area contributed by atoms with E-state index in [4.69, 9.17) is 4.74 Å². The Labute approximate surface area is 76.3 Å². The summed E-state index contributed by atoms with van der Waals surface area (Å²) in [6.45, 7) is -0.0552. The minimum atomic E-state index is -0.327. The van der Waals surface area contributed by atoms with E-state index in [9.17, 15) is 10.1 Å². The molecular formula is C9H11NO3. The van der Waals surface area contributed by atoms with Crippen LogP contribution in [0.1, 0.15) is 5.56 Å². The van der Waals surface area contributed by atoms with Gasteiger partial charge >= 0.3 is 0 Å². The van der Waals surface area contributed by atoms with E-state index in [1.165, 1.54) is 0 Å². The molecule has 4 nitrogen and oxygen atoms in total. The van der Waals surface area contributed by atoms with Crippen molar-refractivity contribution < 1.29 is 9.66 Å². The standard InChI is InChI=1S/C9H11NO3/c1-13-9-5-3-2-4-8(9)6-7-10(11)12/h2-5H,6-7H2,1H3. The Morgan fingerprint density at radius 3 is 2.77 bits per heavy atom. The summed E-state index contributed by atoms with van der Waals surface area (Å²) in [5, 5.41) is 10.1. The lowest BCUT2D eigenvalue weighted by Gasteiger charge is -2.04. The van der Waals surface area contributed by atoms with Crippen LogP contribution >= 0.6 is 0 Å².